The van der Waals surface area contributed by atoms with Crippen LogP contribution in [0, 0.1) is 0 Å². The molecule has 0 atom stereocenters. The summed E-state index contributed by atoms with van der Waals surface area (Å²) in [6, 6.07) is 2.38. The van der Waals surface area contributed by atoms with Gasteiger partial charge in [0.2, 0.25) is 5.95 Å². The minimum Gasteiger partial charge on any atom is -0.368 e. The van der Waals surface area contributed by atoms with Crippen molar-refractivity contribution in [2.24, 2.45) is 0 Å². The fourth-order valence-corrected chi connectivity index (χ4v) is 3.08. The molecule has 0 fully saturated rings. The van der Waals surface area contributed by atoms with Gasteiger partial charge >= 0.3 is 0 Å². The zero-order chi connectivity index (χ0) is 19.8. The van der Waals surface area contributed by atoms with Gasteiger partial charge in [0, 0.05) is 24.6 Å². The van der Waals surface area contributed by atoms with Crippen LogP contribution in [-0.2, 0) is 19.7 Å². The summed E-state index contributed by atoms with van der Waals surface area (Å²) in [5, 5.41) is -0.427. The van der Waals surface area contributed by atoms with E-state index in [-0.39, 0.29) is 39.0 Å². The zero-order valence-corrected chi connectivity index (χ0v) is 15.6. The number of hydrogen-bond acceptors (Lipinski definition) is 12. The molecule has 3 aromatic rings. The summed E-state index contributed by atoms with van der Waals surface area (Å²) in [5.41, 5.74) is 5.89. The van der Waals surface area contributed by atoms with E-state index in [0.717, 1.165) is 25.2 Å². The fraction of sp³-hybridized carbons (Fsp3) is 0.154. The third-order valence-electron chi connectivity index (χ3n) is 3.15. The van der Waals surface area contributed by atoms with Crippen molar-refractivity contribution in [3.8, 4) is 23.0 Å². The summed E-state index contributed by atoms with van der Waals surface area (Å²) >= 11 is 0. The topological polar surface area (TPSA) is 185 Å². The number of nitrogens with two attached hydrogens (primary N) is 1. The van der Waals surface area contributed by atoms with E-state index in [1.807, 2.05) is 0 Å². The predicted octanol–water partition coefficient (Wildman–Crippen LogP) is -0.825. The Morgan fingerprint density at radius 3 is 1.48 bits per heavy atom. The zero-order valence-electron chi connectivity index (χ0n) is 14.0. The van der Waals surface area contributed by atoms with Crippen LogP contribution in [0.15, 0.2) is 34.8 Å². The van der Waals surface area contributed by atoms with Gasteiger partial charge in [-0.05, 0) is 0 Å². The second kappa shape index (κ2) is 6.55. The van der Waals surface area contributed by atoms with Crippen LogP contribution in [0.3, 0.4) is 0 Å². The average Bonchev–Trinajstić information content (AvgIpc) is 2.60. The SMILES string of the molecule is CS(=O)(=O)c1cc(-c2nc(N)nc(-c3cc(S(C)(=O)=O)ncn3)n2)ncn1. The van der Waals surface area contributed by atoms with Gasteiger partial charge in [-0.15, -0.1) is 0 Å². The van der Waals surface area contributed by atoms with Gasteiger partial charge in [0.1, 0.15) is 24.0 Å². The van der Waals surface area contributed by atoms with Crippen LogP contribution in [0.1, 0.15) is 0 Å². The largest absolute Gasteiger partial charge is 0.368 e. The molecule has 14 heteroatoms. The van der Waals surface area contributed by atoms with Crippen molar-refractivity contribution in [2.45, 2.75) is 10.1 Å². The monoisotopic (exact) mass is 408 g/mol. The van der Waals surface area contributed by atoms with E-state index >= 15 is 0 Å². The van der Waals surface area contributed by atoms with E-state index in [1.54, 1.807) is 0 Å². The molecular weight excluding hydrogens is 396 g/mol. The van der Waals surface area contributed by atoms with Crippen molar-refractivity contribution in [1.82, 2.24) is 34.9 Å². The summed E-state index contributed by atoms with van der Waals surface area (Å²) in [6.07, 6.45) is 4.11. The molecule has 3 heterocycles. The summed E-state index contributed by atoms with van der Waals surface area (Å²) < 4.78 is 46.6. The molecule has 0 aliphatic rings. The number of rotatable bonds is 4. The number of nitrogen functional groups attached to an aromatic ring is 1. The Labute approximate surface area is 153 Å². The Balaban J connectivity index is 2.14. The van der Waals surface area contributed by atoms with Crippen molar-refractivity contribution in [2.75, 3.05) is 18.2 Å². The third-order valence-corrected chi connectivity index (χ3v) is 5.12. The molecule has 2 N–H and O–H groups in total. The molecule has 0 aromatic carbocycles. The van der Waals surface area contributed by atoms with Crippen LogP contribution in [-0.4, -0.2) is 64.2 Å². The van der Waals surface area contributed by atoms with Gasteiger partial charge in [-0.3, -0.25) is 0 Å². The predicted molar refractivity (Wildman–Crippen MR) is 92.5 cm³/mol. The molecule has 0 amide bonds. The first-order chi connectivity index (χ1) is 12.5. The lowest BCUT2D eigenvalue weighted by Crippen LogP contribution is -2.07. The molecule has 0 saturated carbocycles. The molecule has 0 aliphatic heterocycles. The fourth-order valence-electron chi connectivity index (χ4n) is 1.95. The van der Waals surface area contributed by atoms with Gasteiger partial charge in [-0.1, -0.05) is 0 Å². The smallest absolute Gasteiger partial charge is 0.224 e. The van der Waals surface area contributed by atoms with Crippen molar-refractivity contribution in [3.63, 3.8) is 0 Å². The van der Waals surface area contributed by atoms with Gasteiger partial charge in [0.25, 0.3) is 0 Å². The number of sulfone groups is 2. The highest BCUT2D eigenvalue weighted by Gasteiger charge is 2.17. The first-order valence-corrected chi connectivity index (χ1v) is 10.9. The molecule has 0 bridgehead atoms. The van der Waals surface area contributed by atoms with Crippen LogP contribution >= 0.6 is 0 Å². The summed E-state index contributed by atoms with van der Waals surface area (Å²) in [7, 11) is -7.14. The van der Waals surface area contributed by atoms with Crippen molar-refractivity contribution < 1.29 is 16.8 Å². The maximum atomic E-state index is 11.7. The Kier molecular flexibility index (Phi) is 4.52. The van der Waals surface area contributed by atoms with Gasteiger partial charge in [-0.2, -0.15) is 9.97 Å². The van der Waals surface area contributed by atoms with Gasteiger partial charge < -0.3 is 5.73 Å². The Morgan fingerprint density at radius 2 is 1.11 bits per heavy atom. The maximum Gasteiger partial charge on any atom is 0.224 e. The number of aromatic nitrogens is 7. The lowest BCUT2D eigenvalue weighted by molar-refractivity contribution is 0.596. The highest BCUT2D eigenvalue weighted by molar-refractivity contribution is 7.90. The third kappa shape index (κ3) is 4.17. The minimum atomic E-state index is -3.57. The molecule has 3 aromatic heterocycles. The first kappa shape index (κ1) is 18.7. The van der Waals surface area contributed by atoms with Crippen LogP contribution in [0.25, 0.3) is 23.0 Å². The molecule has 3 rings (SSSR count). The summed E-state index contributed by atoms with van der Waals surface area (Å²) in [4.78, 5) is 27.3. The standard InChI is InChI=1S/C13H12N8O4S2/c1-26(22,23)9-3-7(15-5-17-9)11-19-12(21-13(14)20-11)8-4-10(18-6-16-8)27(2,24)25/h3-6H,1-2H3,(H2,14,19,20,21). The molecular formula is C13H12N8O4S2. The van der Waals surface area contributed by atoms with E-state index in [1.165, 1.54) is 12.1 Å². The molecule has 0 unspecified atom stereocenters. The Morgan fingerprint density at radius 1 is 0.704 bits per heavy atom. The Bertz CT molecular complexity index is 1150. The lowest BCUT2D eigenvalue weighted by Gasteiger charge is -2.06. The minimum absolute atomic E-state index is 0.0238. The van der Waals surface area contributed by atoms with Crippen LogP contribution in [0.4, 0.5) is 5.95 Å². The lowest BCUT2D eigenvalue weighted by atomic mass is 10.3. The second-order valence-corrected chi connectivity index (χ2v) is 9.29. The highest BCUT2D eigenvalue weighted by atomic mass is 32.2. The average molecular weight is 408 g/mol. The molecule has 0 spiro atoms. The van der Waals surface area contributed by atoms with Gasteiger partial charge in [0.15, 0.2) is 41.4 Å². The molecule has 0 radical (unpaired) electrons. The van der Waals surface area contributed by atoms with Gasteiger partial charge in [0.05, 0.1) is 0 Å². The van der Waals surface area contributed by atoms with Crippen LogP contribution < -0.4 is 5.73 Å². The van der Waals surface area contributed by atoms with Crippen molar-refractivity contribution in [3.05, 3.63) is 24.8 Å². The quantitative estimate of drug-likeness (QED) is 0.529. The number of anilines is 1. The first-order valence-electron chi connectivity index (χ1n) is 7.10. The maximum absolute atomic E-state index is 11.7. The van der Waals surface area contributed by atoms with Crippen LogP contribution in [0.5, 0.6) is 0 Å². The summed E-state index contributed by atoms with van der Waals surface area (Å²) in [5.74, 6) is -0.234. The molecule has 0 saturated heterocycles. The van der Waals surface area contributed by atoms with E-state index in [4.69, 9.17) is 5.73 Å². The highest BCUT2D eigenvalue weighted by Crippen LogP contribution is 2.20. The van der Waals surface area contributed by atoms with Crippen molar-refractivity contribution in [1.29, 1.82) is 0 Å². The number of nitrogens with zero attached hydrogens (tertiary/aromatic N) is 7. The van der Waals surface area contributed by atoms with E-state index < -0.39 is 19.7 Å². The Hall–Kier alpha value is -3.13. The molecule has 0 aliphatic carbocycles. The second-order valence-electron chi connectivity index (χ2n) is 5.37. The molecule has 12 nitrogen and oxygen atoms in total. The van der Waals surface area contributed by atoms with Crippen molar-refractivity contribution >= 4 is 25.6 Å². The molecule has 27 heavy (non-hydrogen) atoms. The molecule has 140 valence electrons. The summed E-state index contributed by atoms with van der Waals surface area (Å²) in [6.45, 7) is 0. The van der Waals surface area contributed by atoms with E-state index in [2.05, 4.69) is 34.9 Å². The van der Waals surface area contributed by atoms with Gasteiger partial charge in [-0.25, -0.2) is 41.8 Å². The number of hydrogen-bond donors (Lipinski definition) is 1. The van der Waals surface area contributed by atoms with E-state index in [0.29, 0.717) is 0 Å². The normalized spacial score (nSPS) is 12.1. The van der Waals surface area contributed by atoms with Crippen LogP contribution in [0.2, 0.25) is 0 Å². The van der Waals surface area contributed by atoms with E-state index in [9.17, 15) is 16.8 Å².